The minimum absolute atomic E-state index is 0.125. The number of ketones is 1. The Balaban J connectivity index is 2.38. The normalized spacial score (nSPS) is 10.0. The quantitative estimate of drug-likeness (QED) is 0.783. The van der Waals surface area contributed by atoms with Gasteiger partial charge in [0.05, 0.1) is 12.1 Å². The van der Waals surface area contributed by atoms with Crippen molar-refractivity contribution < 1.29 is 9.53 Å². The number of pyridine rings is 1. The maximum atomic E-state index is 12.1. The first-order valence-corrected chi connectivity index (χ1v) is 5.38. The van der Waals surface area contributed by atoms with Crippen LogP contribution in [0.2, 0.25) is 5.02 Å². The number of carbonyl (C=O) groups is 1. The fourth-order valence-corrected chi connectivity index (χ4v) is 1.72. The molecule has 0 saturated carbocycles. The highest BCUT2D eigenvalue weighted by Crippen LogP contribution is 2.24. The van der Waals surface area contributed by atoms with Gasteiger partial charge < -0.3 is 4.74 Å². The molecule has 0 fully saturated rings. The Labute approximate surface area is 104 Å². The van der Waals surface area contributed by atoms with Crippen LogP contribution < -0.4 is 4.74 Å². The standard InChI is InChI=1S/C13H10ClNO2/c1-17-10-2-3-11(12(14)8-10)13(16)9-4-6-15-7-5-9/h2-8H,1H3. The van der Waals surface area contributed by atoms with E-state index in [-0.39, 0.29) is 5.78 Å². The number of benzene rings is 1. The van der Waals surface area contributed by atoms with E-state index in [0.717, 1.165) is 0 Å². The molecule has 2 aromatic rings. The Morgan fingerprint density at radius 3 is 2.53 bits per heavy atom. The zero-order valence-corrected chi connectivity index (χ0v) is 9.94. The van der Waals surface area contributed by atoms with Crippen LogP contribution in [0.3, 0.4) is 0 Å². The molecule has 0 N–H and O–H groups in total. The van der Waals surface area contributed by atoms with Crippen molar-refractivity contribution in [2.24, 2.45) is 0 Å². The molecule has 0 bridgehead atoms. The van der Waals surface area contributed by atoms with Crippen molar-refractivity contribution in [2.45, 2.75) is 0 Å². The molecular weight excluding hydrogens is 238 g/mol. The first-order chi connectivity index (χ1) is 8.22. The van der Waals surface area contributed by atoms with Gasteiger partial charge in [-0.05, 0) is 30.3 Å². The van der Waals surface area contributed by atoms with E-state index in [4.69, 9.17) is 16.3 Å². The first-order valence-electron chi connectivity index (χ1n) is 5.00. The lowest BCUT2D eigenvalue weighted by Gasteiger charge is -2.05. The van der Waals surface area contributed by atoms with Crippen molar-refractivity contribution in [3.8, 4) is 5.75 Å². The molecule has 0 atom stereocenters. The molecule has 0 aliphatic rings. The fourth-order valence-electron chi connectivity index (χ4n) is 1.47. The molecule has 0 saturated heterocycles. The Bertz CT molecular complexity index is 540. The number of aromatic nitrogens is 1. The van der Waals surface area contributed by atoms with E-state index in [1.165, 1.54) is 0 Å². The molecule has 1 heterocycles. The highest BCUT2D eigenvalue weighted by Gasteiger charge is 2.13. The van der Waals surface area contributed by atoms with E-state index in [0.29, 0.717) is 21.9 Å². The van der Waals surface area contributed by atoms with Gasteiger partial charge in [0.2, 0.25) is 0 Å². The van der Waals surface area contributed by atoms with Crippen LogP contribution in [0.1, 0.15) is 15.9 Å². The minimum Gasteiger partial charge on any atom is -0.497 e. The van der Waals surface area contributed by atoms with Gasteiger partial charge >= 0.3 is 0 Å². The van der Waals surface area contributed by atoms with Gasteiger partial charge in [-0.1, -0.05) is 11.6 Å². The van der Waals surface area contributed by atoms with Crippen LogP contribution >= 0.6 is 11.6 Å². The topological polar surface area (TPSA) is 39.2 Å². The summed E-state index contributed by atoms with van der Waals surface area (Å²) in [7, 11) is 1.55. The van der Waals surface area contributed by atoms with Crippen molar-refractivity contribution in [3.63, 3.8) is 0 Å². The van der Waals surface area contributed by atoms with Gasteiger partial charge in [0.15, 0.2) is 5.78 Å². The predicted octanol–water partition coefficient (Wildman–Crippen LogP) is 2.97. The third kappa shape index (κ3) is 2.45. The number of nitrogens with zero attached hydrogens (tertiary/aromatic N) is 1. The summed E-state index contributed by atoms with van der Waals surface area (Å²) in [6.07, 6.45) is 3.15. The van der Waals surface area contributed by atoms with E-state index in [2.05, 4.69) is 4.98 Å². The Hall–Kier alpha value is -1.87. The highest BCUT2D eigenvalue weighted by molar-refractivity contribution is 6.35. The molecule has 86 valence electrons. The summed E-state index contributed by atoms with van der Waals surface area (Å²) in [5.41, 5.74) is 1.02. The van der Waals surface area contributed by atoms with Gasteiger partial charge in [0, 0.05) is 23.5 Å². The number of ether oxygens (including phenoxy) is 1. The lowest BCUT2D eigenvalue weighted by atomic mass is 10.0. The molecule has 0 aliphatic carbocycles. The number of halogens is 1. The summed E-state index contributed by atoms with van der Waals surface area (Å²) >= 11 is 6.04. The molecule has 0 spiro atoms. The molecule has 0 aliphatic heterocycles. The van der Waals surface area contributed by atoms with Crippen LogP contribution in [-0.4, -0.2) is 17.9 Å². The van der Waals surface area contributed by atoms with E-state index in [9.17, 15) is 4.79 Å². The second-order valence-electron chi connectivity index (χ2n) is 3.41. The van der Waals surface area contributed by atoms with E-state index in [1.54, 1.807) is 49.8 Å². The molecule has 17 heavy (non-hydrogen) atoms. The zero-order valence-electron chi connectivity index (χ0n) is 9.18. The Morgan fingerprint density at radius 2 is 1.94 bits per heavy atom. The maximum Gasteiger partial charge on any atom is 0.194 e. The summed E-state index contributed by atoms with van der Waals surface area (Å²) in [5.74, 6) is 0.501. The van der Waals surface area contributed by atoms with Crippen LogP contribution in [0.4, 0.5) is 0 Å². The van der Waals surface area contributed by atoms with Gasteiger partial charge in [0.1, 0.15) is 5.75 Å². The van der Waals surface area contributed by atoms with E-state index in [1.807, 2.05) is 0 Å². The number of methoxy groups -OCH3 is 1. The summed E-state index contributed by atoms with van der Waals surface area (Å²) in [6.45, 7) is 0. The number of hydrogen-bond acceptors (Lipinski definition) is 3. The fraction of sp³-hybridized carbons (Fsp3) is 0.0769. The lowest BCUT2D eigenvalue weighted by Crippen LogP contribution is -2.02. The summed E-state index contributed by atoms with van der Waals surface area (Å²) < 4.78 is 5.03. The molecular formula is C13H10ClNO2. The van der Waals surface area contributed by atoms with Crippen molar-refractivity contribution in [2.75, 3.05) is 7.11 Å². The van der Waals surface area contributed by atoms with Crippen molar-refractivity contribution in [3.05, 3.63) is 58.9 Å². The average molecular weight is 248 g/mol. The maximum absolute atomic E-state index is 12.1. The summed E-state index contributed by atoms with van der Waals surface area (Å²) in [6, 6.07) is 8.30. The molecule has 0 radical (unpaired) electrons. The van der Waals surface area contributed by atoms with Crippen molar-refractivity contribution in [1.29, 1.82) is 0 Å². The van der Waals surface area contributed by atoms with Crippen LogP contribution in [0.15, 0.2) is 42.7 Å². The van der Waals surface area contributed by atoms with E-state index >= 15 is 0 Å². The first kappa shape index (κ1) is 11.6. The highest BCUT2D eigenvalue weighted by atomic mass is 35.5. The van der Waals surface area contributed by atoms with Crippen LogP contribution in [0.25, 0.3) is 0 Å². The Morgan fingerprint density at radius 1 is 1.24 bits per heavy atom. The predicted molar refractivity (Wildman–Crippen MR) is 65.7 cm³/mol. The number of carbonyl (C=O) groups excluding carboxylic acids is 1. The monoisotopic (exact) mass is 247 g/mol. The molecule has 2 rings (SSSR count). The smallest absolute Gasteiger partial charge is 0.194 e. The molecule has 3 nitrogen and oxygen atoms in total. The summed E-state index contributed by atoms with van der Waals surface area (Å²) in [4.78, 5) is 16.0. The molecule has 0 unspecified atom stereocenters. The van der Waals surface area contributed by atoms with Crippen LogP contribution in [0.5, 0.6) is 5.75 Å². The van der Waals surface area contributed by atoms with Crippen LogP contribution in [-0.2, 0) is 0 Å². The molecule has 1 aromatic carbocycles. The van der Waals surface area contributed by atoms with Gasteiger partial charge in [0.25, 0.3) is 0 Å². The SMILES string of the molecule is COc1ccc(C(=O)c2ccncc2)c(Cl)c1. The molecule has 4 heteroatoms. The number of hydrogen-bond donors (Lipinski definition) is 0. The molecule has 1 aromatic heterocycles. The summed E-state index contributed by atoms with van der Waals surface area (Å²) in [5, 5.41) is 0.381. The number of rotatable bonds is 3. The largest absolute Gasteiger partial charge is 0.497 e. The lowest BCUT2D eigenvalue weighted by molar-refractivity contribution is 0.103. The second-order valence-corrected chi connectivity index (χ2v) is 3.82. The van der Waals surface area contributed by atoms with Gasteiger partial charge in [-0.25, -0.2) is 0 Å². The van der Waals surface area contributed by atoms with Gasteiger partial charge in [-0.2, -0.15) is 0 Å². The second kappa shape index (κ2) is 4.97. The van der Waals surface area contributed by atoms with E-state index < -0.39 is 0 Å². The average Bonchev–Trinajstić information content (AvgIpc) is 2.39. The van der Waals surface area contributed by atoms with Gasteiger partial charge in [-0.3, -0.25) is 9.78 Å². The Kier molecular flexibility index (Phi) is 3.40. The zero-order chi connectivity index (χ0) is 12.3. The van der Waals surface area contributed by atoms with Crippen molar-refractivity contribution in [1.82, 2.24) is 4.98 Å². The third-order valence-electron chi connectivity index (χ3n) is 2.36. The van der Waals surface area contributed by atoms with Crippen molar-refractivity contribution >= 4 is 17.4 Å². The minimum atomic E-state index is -0.125. The molecule has 0 amide bonds. The third-order valence-corrected chi connectivity index (χ3v) is 2.68. The van der Waals surface area contributed by atoms with Crippen LogP contribution in [0, 0.1) is 0 Å². The van der Waals surface area contributed by atoms with Gasteiger partial charge in [-0.15, -0.1) is 0 Å².